The number of hydrogen-bond donors (Lipinski definition) is 2. The van der Waals surface area contributed by atoms with Crippen LogP contribution >= 0.6 is 11.3 Å². The minimum absolute atomic E-state index is 0.0532. The van der Waals surface area contributed by atoms with Crippen molar-refractivity contribution in [3.63, 3.8) is 0 Å². The van der Waals surface area contributed by atoms with Gasteiger partial charge in [-0.1, -0.05) is 0 Å². The predicted molar refractivity (Wildman–Crippen MR) is 86.4 cm³/mol. The smallest absolute Gasteiger partial charge is 0.265 e. The third kappa shape index (κ3) is 3.28. The Balaban J connectivity index is 1.62. The lowest BCUT2D eigenvalue weighted by atomic mass is 10.1. The first-order valence-electron chi connectivity index (χ1n) is 7.04. The van der Waals surface area contributed by atoms with Crippen LogP contribution < -0.4 is 15.4 Å². The van der Waals surface area contributed by atoms with Crippen molar-refractivity contribution in [2.45, 2.75) is 25.9 Å². The van der Waals surface area contributed by atoms with Crippen LogP contribution in [0.3, 0.4) is 0 Å². The fourth-order valence-corrected chi connectivity index (χ4v) is 2.91. The molecular formula is C16H16N2O3S. The van der Waals surface area contributed by atoms with Crippen molar-refractivity contribution in [1.82, 2.24) is 0 Å². The van der Waals surface area contributed by atoms with Crippen LogP contribution in [0.25, 0.3) is 0 Å². The number of ether oxygens (including phenoxy) is 1. The summed E-state index contributed by atoms with van der Waals surface area (Å²) >= 11 is 1.63. The summed E-state index contributed by atoms with van der Waals surface area (Å²) in [6, 6.07) is 7.25. The number of nitrogens with one attached hydrogen (secondary N) is 2. The van der Waals surface area contributed by atoms with E-state index in [2.05, 4.69) is 10.6 Å². The standard InChI is InChI=1S/C16H16N2O3S/c1-10-16(20)18-13-8-12(3-4-14(13)21-10)17-15(19)5-2-11-6-7-22-9-11/h3-4,6-10H,2,5H2,1H3,(H,17,19)(H,18,20). The molecule has 2 aromatic rings. The molecule has 0 radical (unpaired) electrons. The number of aryl methyl sites for hydroxylation is 1. The van der Waals surface area contributed by atoms with Crippen molar-refractivity contribution in [3.05, 3.63) is 40.6 Å². The van der Waals surface area contributed by atoms with Crippen LogP contribution in [-0.2, 0) is 16.0 Å². The number of fused-ring (bicyclic) bond motifs is 1. The summed E-state index contributed by atoms with van der Waals surface area (Å²) < 4.78 is 5.48. The maximum absolute atomic E-state index is 12.0. The van der Waals surface area contributed by atoms with Gasteiger partial charge in [-0.05, 0) is 53.9 Å². The van der Waals surface area contributed by atoms with Crippen LogP contribution in [-0.4, -0.2) is 17.9 Å². The first kappa shape index (κ1) is 14.6. The molecule has 22 heavy (non-hydrogen) atoms. The van der Waals surface area contributed by atoms with E-state index in [1.165, 1.54) is 5.56 Å². The van der Waals surface area contributed by atoms with Gasteiger partial charge in [-0.2, -0.15) is 11.3 Å². The zero-order valence-electron chi connectivity index (χ0n) is 12.1. The molecule has 1 aromatic carbocycles. The molecule has 1 aliphatic rings. The highest BCUT2D eigenvalue weighted by Crippen LogP contribution is 2.32. The van der Waals surface area contributed by atoms with E-state index in [1.54, 1.807) is 36.5 Å². The molecular weight excluding hydrogens is 300 g/mol. The molecule has 1 atom stereocenters. The molecule has 1 aromatic heterocycles. The zero-order chi connectivity index (χ0) is 15.5. The first-order valence-corrected chi connectivity index (χ1v) is 7.98. The molecule has 0 bridgehead atoms. The van der Waals surface area contributed by atoms with Crippen LogP contribution in [0.2, 0.25) is 0 Å². The van der Waals surface area contributed by atoms with Crippen molar-refractivity contribution >= 4 is 34.5 Å². The van der Waals surface area contributed by atoms with Crippen LogP contribution in [0.5, 0.6) is 5.75 Å². The Kier molecular flexibility index (Phi) is 4.11. The van der Waals surface area contributed by atoms with Gasteiger partial charge in [0.2, 0.25) is 5.91 Å². The molecule has 0 aliphatic carbocycles. The molecule has 0 saturated carbocycles. The van der Waals surface area contributed by atoms with E-state index in [4.69, 9.17) is 4.74 Å². The zero-order valence-corrected chi connectivity index (χ0v) is 12.9. The fourth-order valence-electron chi connectivity index (χ4n) is 2.20. The summed E-state index contributed by atoms with van der Waals surface area (Å²) in [6.45, 7) is 1.69. The number of carbonyl (C=O) groups is 2. The second-order valence-electron chi connectivity index (χ2n) is 5.14. The van der Waals surface area contributed by atoms with Crippen molar-refractivity contribution < 1.29 is 14.3 Å². The van der Waals surface area contributed by atoms with E-state index in [0.717, 1.165) is 6.42 Å². The number of rotatable bonds is 4. The van der Waals surface area contributed by atoms with Crippen LogP contribution in [0.4, 0.5) is 11.4 Å². The van der Waals surface area contributed by atoms with Gasteiger partial charge in [-0.15, -0.1) is 0 Å². The first-order chi connectivity index (χ1) is 10.6. The number of benzene rings is 1. The highest BCUT2D eigenvalue weighted by Gasteiger charge is 2.23. The third-order valence-corrected chi connectivity index (χ3v) is 4.15. The Morgan fingerprint density at radius 2 is 2.27 bits per heavy atom. The minimum atomic E-state index is -0.501. The number of anilines is 2. The lowest BCUT2D eigenvalue weighted by molar-refractivity contribution is -0.122. The van der Waals surface area contributed by atoms with Crippen molar-refractivity contribution in [2.75, 3.05) is 10.6 Å². The molecule has 1 aliphatic heterocycles. The SMILES string of the molecule is CC1Oc2ccc(NC(=O)CCc3ccsc3)cc2NC1=O. The van der Waals surface area contributed by atoms with Crippen LogP contribution in [0, 0.1) is 0 Å². The van der Waals surface area contributed by atoms with Gasteiger partial charge in [0.15, 0.2) is 6.10 Å². The number of thiophene rings is 1. The Labute approximate surface area is 132 Å². The lowest BCUT2D eigenvalue weighted by Crippen LogP contribution is -2.34. The van der Waals surface area contributed by atoms with E-state index >= 15 is 0 Å². The average Bonchev–Trinajstić information content (AvgIpc) is 3.00. The summed E-state index contributed by atoms with van der Waals surface area (Å²) in [5.74, 6) is 0.374. The van der Waals surface area contributed by atoms with Crippen LogP contribution in [0.15, 0.2) is 35.0 Å². The molecule has 2 N–H and O–H groups in total. The van der Waals surface area contributed by atoms with E-state index in [-0.39, 0.29) is 11.8 Å². The molecule has 6 heteroatoms. The van der Waals surface area contributed by atoms with Gasteiger partial charge in [-0.25, -0.2) is 0 Å². The highest BCUT2D eigenvalue weighted by atomic mass is 32.1. The Morgan fingerprint density at radius 1 is 1.41 bits per heavy atom. The summed E-state index contributed by atoms with van der Waals surface area (Å²) in [6.07, 6.45) is 0.643. The second kappa shape index (κ2) is 6.19. The van der Waals surface area contributed by atoms with E-state index in [9.17, 15) is 9.59 Å². The minimum Gasteiger partial charge on any atom is -0.479 e. The molecule has 5 nitrogen and oxygen atoms in total. The molecule has 2 heterocycles. The average molecular weight is 316 g/mol. The number of hydrogen-bond acceptors (Lipinski definition) is 4. The predicted octanol–water partition coefficient (Wildman–Crippen LogP) is 3.04. The van der Waals surface area contributed by atoms with Gasteiger partial charge in [0.1, 0.15) is 5.75 Å². The number of carbonyl (C=O) groups excluding carboxylic acids is 2. The maximum Gasteiger partial charge on any atom is 0.265 e. The van der Waals surface area contributed by atoms with Gasteiger partial charge in [-0.3, -0.25) is 9.59 Å². The summed E-state index contributed by atoms with van der Waals surface area (Å²) in [4.78, 5) is 23.6. The molecule has 3 rings (SSSR count). The molecule has 1 unspecified atom stereocenters. The van der Waals surface area contributed by atoms with E-state index in [0.29, 0.717) is 23.5 Å². The highest BCUT2D eigenvalue weighted by molar-refractivity contribution is 7.07. The van der Waals surface area contributed by atoms with Crippen molar-refractivity contribution in [1.29, 1.82) is 0 Å². The molecule has 0 fully saturated rings. The quantitative estimate of drug-likeness (QED) is 0.911. The summed E-state index contributed by atoms with van der Waals surface area (Å²) in [7, 11) is 0. The van der Waals surface area contributed by atoms with Crippen molar-refractivity contribution in [2.24, 2.45) is 0 Å². The van der Waals surface area contributed by atoms with Gasteiger partial charge in [0, 0.05) is 12.1 Å². The topological polar surface area (TPSA) is 67.4 Å². The maximum atomic E-state index is 12.0. The monoisotopic (exact) mass is 316 g/mol. The van der Waals surface area contributed by atoms with Gasteiger partial charge < -0.3 is 15.4 Å². The largest absolute Gasteiger partial charge is 0.479 e. The van der Waals surface area contributed by atoms with Crippen LogP contribution in [0.1, 0.15) is 18.9 Å². The Hall–Kier alpha value is -2.34. The number of amides is 2. The molecule has 2 amide bonds. The van der Waals surface area contributed by atoms with Gasteiger partial charge in [0.25, 0.3) is 5.91 Å². The fraction of sp³-hybridized carbons (Fsp3) is 0.250. The summed E-state index contributed by atoms with van der Waals surface area (Å²) in [5.41, 5.74) is 2.39. The lowest BCUT2D eigenvalue weighted by Gasteiger charge is -2.23. The van der Waals surface area contributed by atoms with E-state index < -0.39 is 6.10 Å². The van der Waals surface area contributed by atoms with E-state index in [1.807, 2.05) is 16.8 Å². The normalized spacial score (nSPS) is 16.4. The summed E-state index contributed by atoms with van der Waals surface area (Å²) in [5, 5.41) is 9.64. The molecule has 0 spiro atoms. The molecule has 0 saturated heterocycles. The molecule has 114 valence electrons. The Morgan fingerprint density at radius 3 is 3.05 bits per heavy atom. The third-order valence-electron chi connectivity index (χ3n) is 3.41. The Bertz CT molecular complexity index is 697. The van der Waals surface area contributed by atoms with Crippen molar-refractivity contribution in [3.8, 4) is 5.75 Å². The van der Waals surface area contributed by atoms with Gasteiger partial charge >= 0.3 is 0 Å². The van der Waals surface area contributed by atoms with Gasteiger partial charge in [0.05, 0.1) is 5.69 Å². The second-order valence-corrected chi connectivity index (χ2v) is 5.92.